The Morgan fingerprint density at radius 1 is 1.24 bits per heavy atom. The number of halogens is 1. The van der Waals surface area contributed by atoms with E-state index in [0.717, 1.165) is 0 Å². The summed E-state index contributed by atoms with van der Waals surface area (Å²) in [4.78, 5) is 14.4. The number of sulfonamides is 1. The van der Waals surface area contributed by atoms with Crippen LogP contribution in [0.5, 0.6) is 0 Å². The molecule has 0 spiro atoms. The molecule has 136 valence electrons. The fourth-order valence-electron chi connectivity index (χ4n) is 2.67. The van der Waals surface area contributed by atoms with E-state index < -0.39 is 10.0 Å². The monoisotopic (exact) mass is 430 g/mol. The van der Waals surface area contributed by atoms with Crippen LogP contribution in [0.25, 0.3) is 0 Å². The van der Waals surface area contributed by atoms with Gasteiger partial charge in [-0.1, -0.05) is 0 Å². The smallest absolute Gasteiger partial charge is 0.275 e. The lowest BCUT2D eigenvalue weighted by molar-refractivity contribution is 0.0690. The predicted octanol–water partition coefficient (Wildman–Crippen LogP) is 0.546. The number of nitrogens with zero attached hydrogens (tertiary/aromatic N) is 6. The van der Waals surface area contributed by atoms with E-state index in [1.54, 1.807) is 22.8 Å². The molecule has 0 aromatic carbocycles. The highest BCUT2D eigenvalue weighted by Crippen LogP contribution is 2.20. The molecule has 1 aliphatic rings. The summed E-state index contributed by atoms with van der Waals surface area (Å²) in [6.07, 6.45) is 4.57. The van der Waals surface area contributed by atoms with Crippen LogP contribution < -0.4 is 0 Å². The Labute approximate surface area is 154 Å². The second-order valence-electron chi connectivity index (χ2n) is 5.73. The zero-order valence-corrected chi connectivity index (χ0v) is 16.4. The molecule has 3 rings (SSSR count). The lowest BCUT2D eigenvalue weighted by atomic mass is 10.3. The molecule has 0 radical (unpaired) electrons. The first kappa shape index (κ1) is 18.1. The van der Waals surface area contributed by atoms with Gasteiger partial charge in [-0.3, -0.25) is 14.2 Å². The van der Waals surface area contributed by atoms with Crippen LogP contribution in [0.1, 0.15) is 17.4 Å². The van der Waals surface area contributed by atoms with Gasteiger partial charge in [0.15, 0.2) is 5.69 Å². The zero-order valence-electron chi connectivity index (χ0n) is 14.0. The van der Waals surface area contributed by atoms with E-state index in [-0.39, 0.29) is 23.9 Å². The minimum absolute atomic E-state index is 0.166. The molecule has 1 amide bonds. The maximum atomic E-state index is 12.6. The Morgan fingerprint density at radius 3 is 2.44 bits per heavy atom. The van der Waals surface area contributed by atoms with E-state index in [1.165, 1.54) is 21.4 Å². The SMILES string of the molecule is CCn1cc(Br)c(C(=O)N2CCN(S(=O)(=O)c3cnn(C)c3)CC2)n1. The number of aromatic nitrogens is 4. The fourth-order valence-corrected chi connectivity index (χ4v) is 4.56. The maximum Gasteiger partial charge on any atom is 0.275 e. The summed E-state index contributed by atoms with van der Waals surface area (Å²) >= 11 is 3.36. The molecule has 0 unspecified atom stereocenters. The fraction of sp³-hybridized carbons (Fsp3) is 0.500. The normalized spacial score (nSPS) is 16.4. The van der Waals surface area contributed by atoms with Crippen LogP contribution in [0.4, 0.5) is 0 Å². The Bertz CT molecular complexity index is 882. The minimum atomic E-state index is -3.58. The van der Waals surface area contributed by atoms with Gasteiger partial charge < -0.3 is 4.90 Å². The third kappa shape index (κ3) is 3.48. The van der Waals surface area contributed by atoms with Crippen molar-refractivity contribution in [3.05, 3.63) is 28.8 Å². The van der Waals surface area contributed by atoms with Crippen LogP contribution in [0.15, 0.2) is 28.0 Å². The van der Waals surface area contributed by atoms with Crippen LogP contribution in [-0.2, 0) is 23.6 Å². The van der Waals surface area contributed by atoms with Gasteiger partial charge in [-0.05, 0) is 22.9 Å². The van der Waals surface area contributed by atoms with Crippen molar-refractivity contribution in [3.8, 4) is 0 Å². The van der Waals surface area contributed by atoms with Crippen LogP contribution >= 0.6 is 15.9 Å². The largest absolute Gasteiger partial charge is 0.335 e. The van der Waals surface area contributed by atoms with Gasteiger partial charge in [-0.25, -0.2) is 8.42 Å². The summed E-state index contributed by atoms with van der Waals surface area (Å²) in [6.45, 7) is 3.75. The maximum absolute atomic E-state index is 12.6. The highest BCUT2D eigenvalue weighted by Gasteiger charge is 2.32. The van der Waals surface area contributed by atoms with Gasteiger partial charge in [0, 0.05) is 52.2 Å². The number of aryl methyl sites for hydroxylation is 2. The van der Waals surface area contributed by atoms with Crippen molar-refractivity contribution in [1.82, 2.24) is 28.8 Å². The van der Waals surface area contributed by atoms with Gasteiger partial charge in [0.1, 0.15) is 4.90 Å². The molecular formula is C14H19BrN6O3S. The second-order valence-corrected chi connectivity index (χ2v) is 8.52. The van der Waals surface area contributed by atoms with E-state index in [9.17, 15) is 13.2 Å². The Balaban J connectivity index is 1.69. The molecule has 25 heavy (non-hydrogen) atoms. The number of hydrogen-bond donors (Lipinski definition) is 0. The number of hydrogen-bond acceptors (Lipinski definition) is 5. The van der Waals surface area contributed by atoms with Gasteiger partial charge in [-0.2, -0.15) is 14.5 Å². The summed E-state index contributed by atoms with van der Waals surface area (Å²) in [7, 11) is -1.91. The summed E-state index contributed by atoms with van der Waals surface area (Å²) in [6, 6.07) is 0. The van der Waals surface area contributed by atoms with Gasteiger partial charge in [0.25, 0.3) is 5.91 Å². The van der Waals surface area contributed by atoms with Crippen LogP contribution in [0.3, 0.4) is 0 Å². The van der Waals surface area contributed by atoms with Crippen molar-refractivity contribution in [2.24, 2.45) is 7.05 Å². The quantitative estimate of drug-likeness (QED) is 0.705. The molecular weight excluding hydrogens is 412 g/mol. The third-order valence-corrected chi connectivity index (χ3v) is 6.52. The number of rotatable bonds is 4. The number of carbonyl (C=O) groups is 1. The average Bonchev–Trinajstić information content (AvgIpc) is 3.20. The lowest BCUT2D eigenvalue weighted by Crippen LogP contribution is -2.50. The van der Waals surface area contributed by atoms with E-state index in [4.69, 9.17) is 0 Å². The third-order valence-electron chi connectivity index (χ3n) is 4.09. The van der Waals surface area contributed by atoms with Gasteiger partial charge >= 0.3 is 0 Å². The van der Waals surface area contributed by atoms with Crippen molar-refractivity contribution in [1.29, 1.82) is 0 Å². The van der Waals surface area contributed by atoms with E-state index >= 15 is 0 Å². The molecule has 0 bridgehead atoms. The summed E-state index contributed by atoms with van der Waals surface area (Å²) in [5.41, 5.74) is 0.352. The molecule has 1 fully saturated rings. The molecule has 0 N–H and O–H groups in total. The van der Waals surface area contributed by atoms with E-state index in [2.05, 4.69) is 26.1 Å². The molecule has 3 heterocycles. The van der Waals surface area contributed by atoms with Crippen molar-refractivity contribution in [2.45, 2.75) is 18.4 Å². The molecule has 2 aromatic heterocycles. The summed E-state index contributed by atoms with van der Waals surface area (Å²) in [5, 5.41) is 8.17. The number of piperazine rings is 1. The van der Waals surface area contributed by atoms with Crippen molar-refractivity contribution in [2.75, 3.05) is 26.2 Å². The van der Waals surface area contributed by atoms with E-state index in [0.29, 0.717) is 29.8 Å². The van der Waals surface area contributed by atoms with Crippen molar-refractivity contribution < 1.29 is 13.2 Å². The number of amides is 1. The van der Waals surface area contributed by atoms with Crippen LogP contribution in [0, 0.1) is 0 Å². The Morgan fingerprint density at radius 2 is 1.92 bits per heavy atom. The first-order chi connectivity index (χ1) is 11.8. The minimum Gasteiger partial charge on any atom is -0.335 e. The molecule has 0 aliphatic carbocycles. The molecule has 0 atom stereocenters. The molecule has 1 aliphatic heterocycles. The molecule has 1 saturated heterocycles. The van der Waals surface area contributed by atoms with E-state index in [1.807, 2.05) is 6.92 Å². The predicted molar refractivity (Wildman–Crippen MR) is 93.5 cm³/mol. The van der Waals surface area contributed by atoms with Crippen molar-refractivity contribution in [3.63, 3.8) is 0 Å². The summed E-state index contributed by atoms with van der Waals surface area (Å²) < 4.78 is 30.3. The second kappa shape index (κ2) is 6.89. The lowest BCUT2D eigenvalue weighted by Gasteiger charge is -2.33. The summed E-state index contributed by atoms with van der Waals surface area (Å²) in [5.74, 6) is -0.197. The molecule has 11 heteroatoms. The van der Waals surface area contributed by atoms with Gasteiger partial charge in [0.2, 0.25) is 10.0 Å². The van der Waals surface area contributed by atoms with Crippen molar-refractivity contribution >= 4 is 31.9 Å². The van der Waals surface area contributed by atoms with Crippen LogP contribution in [0.2, 0.25) is 0 Å². The average molecular weight is 431 g/mol. The molecule has 9 nitrogen and oxygen atoms in total. The van der Waals surface area contributed by atoms with Crippen LogP contribution in [-0.4, -0.2) is 69.3 Å². The Hall–Kier alpha value is -1.72. The first-order valence-electron chi connectivity index (χ1n) is 7.84. The highest BCUT2D eigenvalue weighted by atomic mass is 79.9. The van der Waals surface area contributed by atoms with Gasteiger partial charge in [-0.15, -0.1) is 0 Å². The highest BCUT2D eigenvalue weighted by molar-refractivity contribution is 9.10. The molecule has 0 saturated carbocycles. The number of carbonyl (C=O) groups excluding carboxylic acids is 1. The zero-order chi connectivity index (χ0) is 18.2. The Kier molecular flexibility index (Phi) is 4.98. The van der Waals surface area contributed by atoms with Gasteiger partial charge in [0.05, 0.1) is 10.7 Å². The topological polar surface area (TPSA) is 93.3 Å². The first-order valence-corrected chi connectivity index (χ1v) is 10.1. The molecule has 2 aromatic rings. The standard InChI is InChI=1S/C14H19BrN6O3S/c1-3-20-10-12(15)13(17-20)14(22)19-4-6-21(7-5-19)25(23,24)11-8-16-18(2)9-11/h8-10H,3-7H2,1-2H3.